The molecule has 1 aromatic carbocycles. The number of rotatable bonds is 3. The highest BCUT2D eigenvalue weighted by atomic mass is 35.5. The Balaban J connectivity index is 1.75. The van der Waals surface area contributed by atoms with Crippen LogP contribution in [0, 0.1) is 5.82 Å². The molecule has 1 aliphatic rings. The Kier molecular flexibility index (Phi) is 5.55. The summed E-state index contributed by atoms with van der Waals surface area (Å²) in [6, 6.07) is 8.59. The molecule has 1 fully saturated rings. The van der Waals surface area contributed by atoms with E-state index in [1.54, 1.807) is 6.07 Å². The molecule has 1 aromatic heterocycles. The van der Waals surface area contributed by atoms with Crippen LogP contribution in [-0.2, 0) is 10.0 Å². The van der Waals surface area contributed by atoms with Gasteiger partial charge in [0.1, 0.15) is 15.9 Å². The zero-order valence-corrected chi connectivity index (χ0v) is 15.4. The van der Waals surface area contributed by atoms with E-state index in [9.17, 15) is 17.6 Å². The Hall–Kier alpha value is -2.03. The summed E-state index contributed by atoms with van der Waals surface area (Å²) in [6.45, 7) is 0.947. The zero-order valence-electron chi connectivity index (χ0n) is 13.8. The van der Waals surface area contributed by atoms with Crippen LogP contribution in [0.25, 0.3) is 0 Å². The van der Waals surface area contributed by atoms with E-state index in [0.717, 1.165) is 0 Å². The minimum absolute atomic E-state index is 0.00860. The van der Waals surface area contributed by atoms with Gasteiger partial charge in [-0.05, 0) is 30.7 Å². The highest BCUT2D eigenvalue weighted by Crippen LogP contribution is 2.19. The molecule has 26 heavy (non-hydrogen) atoms. The maximum absolute atomic E-state index is 13.8. The zero-order chi connectivity index (χ0) is 18.7. The molecule has 0 unspecified atom stereocenters. The van der Waals surface area contributed by atoms with Crippen LogP contribution in [0.3, 0.4) is 0 Å². The van der Waals surface area contributed by atoms with Gasteiger partial charge in [0, 0.05) is 32.4 Å². The molecule has 9 heteroatoms. The fraction of sp³-hybridized carbons (Fsp3) is 0.294. The lowest BCUT2D eigenvalue weighted by molar-refractivity contribution is 0.0759. The predicted molar refractivity (Wildman–Crippen MR) is 94.9 cm³/mol. The van der Waals surface area contributed by atoms with E-state index < -0.39 is 21.7 Å². The topological polar surface area (TPSA) is 70.6 Å². The predicted octanol–water partition coefficient (Wildman–Crippen LogP) is 2.41. The average Bonchev–Trinajstić information content (AvgIpc) is 2.89. The molecule has 1 amide bonds. The normalized spacial score (nSPS) is 16.3. The first-order valence-corrected chi connectivity index (χ1v) is 9.87. The highest BCUT2D eigenvalue weighted by Gasteiger charge is 2.29. The summed E-state index contributed by atoms with van der Waals surface area (Å²) < 4.78 is 40.6. The molecule has 2 heterocycles. The van der Waals surface area contributed by atoms with E-state index in [2.05, 4.69) is 4.98 Å². The lowest BCUT2D eigenvalue weighted by Gasteiger charge is -2.22. The third-order valence-corrected chi connectivity index (χ3v) is 6.29. The van der Waals surface area contributed by atoms with Crippen molar-refractivity contribution in [3.8, 4) is 0 Å². The molecule has 0 radical (unpaired) electrons. The lowest BCUT2D eigenvalue weighted by atomic mass is 10.2. The number of sulfonamides is 1. The molecule has 1 aliphatic heterocycles. The Morgan fingerprint density at radius 3 is 2.54 bits per heavy atom. The Labute approximate surface area is 156 Å². The van der Waals surface area contributed by atoms with Gasteiger partial charge in [0.15, 0.2) is 0 Å². The molecule has 0 bridgehead atoms. The Bertz CT molecular complexity index is 906. The lowest BCUT2D eigenvalue weighted by Crippen LogP contribution is -2.37. The molecule has 2 aromatic rings. The summed E-state index contributed by atoms with van der Waals surface area (Å²) in [6.07, 6.45) is 1.67. The maximum atomic E-state index is 13.8. The number of hydrogen-bond donors (Lipinski definition) is 0. The first-order chi connectivity index (χ1) is 12.4. The standard InChI is InChI=1S/C17H17ClFN3O3S/c18-16-7-6-13(12-20-16)26(24,25)22-9-3-8-21(10-11-22)17(23)14-4-1-2-5-15(14)19/h1-2,4-7,12H,3,8-11H2. The molecule has 0 atom stereocenters. The van der Waals surface area contributed by atoms with Gasteiger partial charge in [-0.1, -0.05) is 23.7 Å². The molecular weight excluding hydrogens is 381 g/mol. The van der Waals surface area contributed by atoms with Crippen molar-refractivity contribution < 1.29 is 17.6 Å². The van der Waals surface area contributed by atoms with Gasteiger partial charge >= 0.3 is 0 Å². The molecule has 0 spiro atoms. The van der Waals surface area contributed by atoms with Gasteiger partial charge in [0.05, 0.1) is 5.56 Å². The van der Waals surface area contributed by atoms with Crippen LogP contribution in [-0.4, -0.2) is 54.7 Å². The number of carbonyl (C=O) groups is 1. The van der Waals surface area contributed by atoms with Crippen molar-refractivity contribution in [2.75, 3.05) is 26.2 Å². The van der Waals surface area contributed by atoms with Crippen LogP contribution in [0.2, 0.25) is 5.15 Å². The molecular formula is C17H17ClFN3O3S. The molecule has 0 aliphatic carbocycles. The van der Waals surface area contributed by atoms with Crippen molar-refractivity contribution in [2.24, 2.45) is 0 Å². The SMILES string of the molecule is O=C(c1ccccc1F)N1CCCN(S(=O)(=O)c2ccc(Cl)nc2)CC1. The summed E-state index contributed by atoms with van der Waals surface area (Å²) in [7, 11) is -3.72. The van der Waals surface area contributed by atoms with Crippen molar-refractivity contribution in [2.45, 2.75) is 11.3 Å². The van der Waals surface area contributed by atoms with Gasteiger partial charge in [-0.3, -0.25) is 4.79 Å². The minimum Gasteiger partial charge on any atom is -0.337 e. The van der Waals surface area contributed by atoms with Crippen molar-refractivity contribution in [3.05, 3.63) is 59.1 Å². The molecule has 0 N–H and O–H groups in total. The fourth-order valence-corrected chi connectivity index (χ4v) is 4.33. The van der Waals surface area contributed by atoms with Crippen LogP contribution in [0.5, 0.6) is 0 Å². The van der Waals surface area contributed by atoms with Crippen molar-refractivity contribution in [3.63, 3.8) is 0 Å². The number of halogens is 2. The van der Waals surface area contributed by atoms with Gasteiger partial charge < -0.3 is 4.90 Å². The third-order valence-electron chi connectivity index (χ3n) is 4.18. The van der Waals surface area contributed by atoms with Crippen LogP contribution >= 0.6 is 11.6 Å². The summed E-state index contributed by atoms with van der Waals surface area (Å²) in [5.74, 6) is -1.02. The number of aromatic nitrogens is 1. The number of amides is 1. The van der Waals surface area contributed by atoms with Crippen molar-refractivity contribution in [1.29, 1.82) is 0 Å². The van der Waals surface area contributed by atoms with E-state index in [1.807, 2.05) is 0 Å². The Morgan fingerprint density at radius 2 is 1.85 bits per heavy atom. The van der Waals surface area contributed by atoms with Crippen LogP contribution < -0.4 is 0 Å². The van der Waals surface area contributed by atoms with Gasteiger partial charge in [-0.25, -0.2) is 17.8 Å². The van der Waals surface area contributed by atoms with E-state index >= 15 is 0 Å². The summed E-state index contributed by atoms with van der Waals surface area (Å²) in [4.78, 5) is 17.9. The van der Waals surface area contributed by atoms with Crippen LogP contribution in [0.15, 0.2) is 47.5 Å². The minimum atomic E-state index is -3.72. The fourth-order valence-electron chi connectivity index (χ4n) is 2.81. The monoisotopic (exact) mass is 397 g/mol. The van der Waals surface area contributed by atoms with Gasteiger partial charge in [0.25, 0.3) is 5.91 Å². The Morgan fingerprint density at radius 1 is 1.08 bits per heavy atom. The quantitative estimate of drug-likeness (QED) is 0.746. The third kappa shape index (κ3) is 3.87. The maximum Gasteiger partial charge on any atom is 0.256 e. The highest BCUT2D eigenvalue weighted by molar-refractivity contribution is 7.89. The summed E-state index contributed by atoms with van der Waals surface area (Å²) in [5, 5.41) is 0.210. The van der Waals surface area contributed by atoms with E-state index in [1.165, 1.54) is 45.7 Å². The van der Waals surface area contributed by atoms with Crippen molar-refractivity contribution >= 4 is 27.5 Å². The molecule has 6 nitrogen and oxygen atoms in total. The molecule has 3 rings (SSSR count). The smallest absolute Gasteiger partial charge is 0.256 e. The number of pyridine rings is 1. The van der Waals surface area contributed by atoms with Gasteiger partial charge in [-0.2, -0.15) is 4.31 Å². The number of hydrogen-bond acceptors (Lipinski definition) is 4. The van der Waals surface area contributed by atoms with E-state index in [-0.39, 0.29) is 35.2 Å². The van der Waals surface area contributed by atoms with Crippen LogP contribution in [0.4, 0.5) is 4.39 Å². The van der Waals surface area contributed by atoms with E-state index in [0.29, 0.717) is 13.0 Å². The van der Waals surface area contributed by atoms with Gasteiger partial charge in [0.2, 0.25) is 10.0 Å². The molecule has 0 saturated carbocycles. The van der Waals surface area contributed by atoms with Crippen LogP contribution in [0.1, 0.15) is 16.8 Å². The second kappa shape index (κ2) is 7.69. The first kappa shape index (κ1) is 18.8. The largest absolute Gasteiger partial charge is 0.337 e. The number of carbonyl (C=O) groups excluding carboxylic acids is 1. The molecule has 1 saturated heterocycles. The second-order valence-electron chi connectivity index (χ2n) is 5.85. The number of benzene rings is 1. The first-order valence-electron chi connectivity index (χ1n) is 8.05. The summed E-state index contributed by atoms with van der Waals surface area (Å²) in [5.41, 5.74) is -0.00860. The average molecular weight is 398 g/mol. The number of nitrogens with zero attached hydrogens (tertiary/aromatic N) is 3. The summed E-state index contributed by atoms with van der Waals surface area (Å²) >= 11 is 5.70. The van der Waals surface area contributed by atoms with Gasteiger partial charge in [-0.15, -0.1) is 0 Å². The van der Waals surface area contributed by atoms with E-state index in [4.69, 9.17) is 11.6 Å². The van der Waals surface area contributed by atoms with Crippen molar-refractivity contribution in [1.82, 2.24) is 14.2 Å². The second-order valence-corrected chi connectivity index (χ2v) is 8.17. The molecule has 138 valence electrons.